The highest BCUT2D eigenvalue weighted by Gasteiger charge is 2.13. The van der Waals surface area contributed by atoms with Gasteiger partial charge in [-0.3, -0.25) is 0 Å². The summed E-state index contributed by atoms with van der Waals surface area (Å²) in [6.45, 7) is 5.27. The normalized spacial score (nSPS) is 14.8. The summed E-state index contributed by atoms with van der Waals surface area (Å²) in [6, 6.07) is 11.0. The van der Waals surface area contributed by atoms with Crippen LogP contribution in [0.15, 0.2) is 36.5 Å². The molecule has 0 saturated heterocycles. The van der Waals surface area contributed by atoms with Gasteiger partial charge >= 0.3 is 0 Å². The van der Waals surface area contributed by atoms with Crippen molar-refractivity contribution in [3.8, 4) is 11.1 Å². The maximum absolute atomic E-state index is 3.43. The van der Waals surface area contributed by atoms with Crippen LogP contribution in [-0.2, 0) is 13.1 Å². The molecule has 2 aromatic rings. The number of aromatic nitrogens is 1. The molecule has 0 amide bonds. The molecule has 2 nitrogen and oxygen atoms in total. The lowest BCUT2D eigenvalue weighted by Gasteiger charge is -2.18. The largest absolute Gasteiger partial charge is 0.348 e. The zero-order valence-corrected chi connectivity index (χ0v) is 9.53. The molecule has 16 heavy (non-hydrogen) atoms. The Hall–Kier alpha value is -1.54. The molecule has 0 saturated carbocycles. The summed E-state index contributed by atoms with van der Waals surface area (Å²) in [7, 11) is 0. The number of fused-ring (bicyclic) bond motifs is 1. The molecular weight excluding hydrogens is 196 g/mol. The molecule has 2 heteroatoms. The van der Waals surface area contributed by atoms with E-state index >= 15 is 0 Å². The first kappa shape index (κ1) is 9.67. The van der Waals surface area contributed by atoms with Gasteiger partial charge in [0.1, 0.15) is 0 Å². The van der Waals surface area contributed by atoms with Crippen LogP contribution in [-0.4, -0.2) is 11.1 Å². The number of nitrogens with zero attached hydrogens (tertiary/aromatic N) is 1. The molecule has 82 valence electrons. The van der Waals surface area contributed by atoms with Gasteiger partial charge in [0.25, 0.3) is 0 Å². The van der Waals surface area contributed by atoms with E-state index in [1.807, 2.05) is 0 Å². The van der Waals surface area contributed by atoms with Crippen LogP contribution in [0.25, 0.3) is 11.1 Å². The standard InChI is InChI=1S/C14H16N2/c1-11-2-4-12(5-3-11)13-6-8-16-9-7-15-10-14(13)16/h2-6,8,15H,7,9-10H2,1H3. The van der Waals surface area contributed by atoms with E-state index in [9.17, 15) is 0 Å². The predicted octanol–water partition coefficient (Wildman–Crippen LogP) is 2.57. The van der Waals surface area contributed by atoms with Crippen molar-refractivity contribution in [1.29, 1.82) is 0 Å². The molecule has 3 rings (SSSR count). The third-order valence-electron chi connectivity index (χ3n) is 3.26. The second kappa shape index (κ2) is 3.80. The van der Waals surface area contributed by atoms with E-state index < -0.39 is 0 Å². The highest BCUT2D eigenvalue weighted by Crippen LogP contribution is 2.26. The molecule has 1 aliphatic rings. The third kappa shape index (κ3) is 1.55. The lowest BCUT2D eigenvalue weighted by molar-refractivity contribution is 0.518. The molecule has 1 aromatic carbocycles. The molecule has 0 radical (unpaired) electrons. The molecule has 0 fully saturated rings. The maximum Gasteiger partial charge on any atom is 0.0394 e. The summed E-state index contributed by atoms with van der Waals surface area (Å²) >= 11 is 0. The van der Waals surface area contributed by atoms with Gasteiger partial charge in [-0.05, 0) is 18.6 Å². The van der Waals surface area contributed by atoms with Gasteiger partial charge in [-0.25, -0.2) is 0 Å². The minimum absolute atomic E-state index is 0.982. The van der Waals surface area contributed by atoms with E-state index in [1.165, 1.54) is 22.4 Å². The zero-order valence-electron chi connectivity index (χ0n) is 9.53. The Morgan fingerprint density at radius 1 is 1.12 bits per heavy atom. The fourth-order valence-electron chi connectivity index (χ4n) is 2.31. The first-order valence-electron chi connectivity index (χ1n) is 5.80. The highest BCUT2D eigenvalue weighted by atomic mass is 15.1. The number of hydrogen-bond donors (Lipinski definition) is 1. The van der Waals surface area contributed by atoms with Gasteiger partial charge in [-0.15, -0.1) is 0 Å². The van der Waals surface area contributed by atoms with E-state index in [1.54, 1.807) is 0 Å². The van der Waals surface area contributed by atoms with Gasteiger partial charge in [0.05, 0.1) is 0 Å². The van der Waals surface area contributed by atoms with E-state index in [-0.39, 0.29) is 0 Å². The summed E-state index contributed by atoms with van der Waals surface area (Å²) in [6.07, 6.45) is 2.20. The fourth-order valence-corrected chi connectivity index (χ4v) is 2.31. The number of aryl methyl sites for hydroxylation is 1. The summed E-state index contributed by atoms with van der Waals surface area (Å²) in [4.78, 5) is 0. The summed E-state index contributed by atoms with van der Waals surface area (Å²) < 4.78 is 2.35. The van der Waals surface area contributed by atoms with Crippen LogP contribution in [0, 0.1) is 6.92 Å². The van der Waals surface area contributed by atoms with Crippen molar-refractivity contribution in [1.82, 2.24) is 9.88 Å². The number of benzene rings is 1. The van der Waals surface area contributed by atoms with Crippen molar-refractivity contribution < 1.29 is 0 Å². The van der Waals surface area contributed by atoms with E-state index in [0.717, 1.165) is 19.6 Å². The van der Waals surface area contributed by atoms with Crippen molar-refractivity contribution >= 4 is 0 Å². The van der Waals surface area contributed by atoms with Gasteiger partial charge in [0, 0.05) is 37.1 Å². The quantitative estimate of drug-likeness (QED) is 0.768. The SMILES string of the molecule is Cc1ccc(-c2ccn3c2CNCC3)cc1. The Balaban J connectivity index is 2.06. The van der Waals surface area contributed by atoms with Crippen molar-refractivity contribution in [3.63, 3.8) is 0 Å². The van der Waals surface area contributed by atoms with E-state index in [2.05, 4.69) is 53.3 Å². The van der Waals surface area contributed by atoms with Gasteiger partial charge < -0.3 is 9.88 Å². The Morgan fingerprint density at radius 3 is 2.75 bits per heavy atom. The van der Waals surface area contributed by atoms with Gasteiger partial charge in [0.2, 0.25) is 0 Å². The maximum atomic E-state index is 3.43. The minimum atomic E-state index is 0.982. The summed E-state index contributed by atoms with van der Waals surface area (Å²) in [5, 5.41) is 3.43. The molecule has 1 aliphatic heterocycles. The van der Waals surface area contributed by atoms with Gasteiger partial charge in [0.15, 0.2) is 0 Å². The molecule has 1 aromatic heterocycles. The molecule has 0 aliphatic carbocycles. The van der Waals surface area contributed by atoms with Crippen LogP contribution in [0.5, 0.6) is 0 Å². The lowest BCUT2D eigenvalue weighted by Crippen LogP contribution is -2.27. The van der Waals surface area contributed by atoms with Gasteiger partial charge in [-0.2, -0.15) is 0 Å². The van der Waals surface area contributed by atoms with Crippen LogP contribution in [0.2, 0.25) is 0 Å². The van der Waals surface area contributed by atoms with E-state index in [0.29, 0.717) is 0 Å². The number of nitrogens with one attached hydrogen (secondary N) is 1. The van der Waals surface area contributed by atoms with Crippen molar-refractivity contribution in [2.75, 3.05) is 6.54 Å². The van der Waals surface area contributed by atoms with Crippen LogP contribution in [0.3, 0.4) is 0 Å². The van der Waals surface area contributed by atoms with Crippen LogP contribution in [0.1, 0.15) is 11.3 Å². The number of rotatable bonds is 1. The first-order valence-corrected chi connectivity index (χ1v) is 5.80. The molecule has 1 N–H and O–H groups in total. The molecule has 2 heterocycles. The Labute approximate surface area is 95.9 Å². The molecule has 0 unspecified atom stereocenters. The smallest absolute Gasteiger partial charge is 0.0394 e. The molecular formula is C14H16N2. The molecule has 0 bridgehead atoms. The van der Waals surface area contributed by atoms with Crippen LogP contribution >= 0.6 is 0 Å². The Bertz CT molecular complexity index is 494. The van der Waals surface area contributed by atoms with Crippen LogP contribution < -0.4 is 5.32 Å². The molecule has 0 spiro atoms. The topological polar surface area (TPSA) is 17.0 Å². The zero-order chi connectivity index (χ0) is 11.0. The van der Waals surface area contributed by atoms with Crippen molar-refractivity contribution in [3.05, 3.63) is 47.8 Å². The van der Waals surface area contributed by atoms with Crippen LogP contribution in [0.4, 0.5) is 0 Å². The number of hydrogen-bond acceptors (Lipinski definition) is 1. The Morgan fingerprint density at radius 2 is 1.94 bits per heavy atom. The second-order valence-corrected chi connectivity index (χ2v) is 4.41. The second-order valence-electron chi connectivity index (χ2n) is 4.41. The average Bonchev–Trinajstić information content (AvgIpc) is 2.74. The Kier molecular flexibility index (Phi) is 2.29. The third-order valence-corrected chi connectivity index (χ3v) is 3.26. The van der Waals surface area contributed by atoms with Gasteiger partial charge in [-0.1, -0.05) is 29.8 Å². The minimum Gasteiger partial charge on any atom is -0.348 e. The summed E-state index contributed by atoms with van der Waals surface area (Å²) in [5.41, 5.74) is 5.42. The average molecular weight is 212 g/mol. The highest BCUT2D eigenvalue weighted by molar-refractivity contribution is 5.67. The molecule has 0 atom stereocenters. The van der Waals surface area contributed by atoms with Crippen molar-refractivity contribution in [2.24, 2.45) is 0 Å². The summed E-state index contributed by atoms with van der Waals surface area (Å²) in [5.74, 6) is 0. The van der Waals surface area contributed by atoms with E-state index in [4.69, 9.17) is 0 Å². The first-order chi connectivity index (χ1) is 7.84. The monoisotopic (exact) mass is 212 g/mol. The lowest BCUT2D eigenvalue weighted by atomic mass is 10.0. The predicted molar refractivity (Wildman–Crippen MR) is 66.3 cm³/mol. The van der Waals surface area contributed by atoms with Crippen molar-refractivity contribution in [2.45, 2.75) is 20.0 Å². The fraction of sp³-hybridized carbons (Fsp3) is 0.286.